The molecule has 9 heteroatoms. The molecule has 0 fully saturated rings. The van der Waals surface area contributed by atoms with Gasteiger partial charge in [-0.2, -0.15) is 0 Å². The number of fused-ring (bicyclic) bond motifs is 1. The van der Waals surface area contributed by atoms with Crippen molar-refractivity contribution >= 4 is 46.1 Å². The summed E-state index contributed by atoms with van der Waals surface area (Å²) < 4.78 is 0. The van der Waals surface area contributed by atoms with E-state index in [1.54, 1.807) is 36.4 Å². The Morgan fingerprint density at radius 1 is 0.962 bits per heavy atom. The number of carbonyl (C=O) groups excluding carboxylic acids is 3. The highest BCUT2D eigenvalue weighted by Gasteiger charge is 2.14. The van der Waals surface area contributed by atoms with Crippen molar-refractivity contribution in [3.8, 4) is 0 Å². The molecule has 0 spiro atoms. The second-order valence-corrected chi connectivity index (χ2v) is 5.72. The van der Waals surface area contributed by atoms with Crippen LogP contribution in [0.25, 0.3) is 10.9 Å². The zero-order valence-corrected chi connectivity index (χ0v) is 13.9. The van der Waals surface area contributed by atoms with Crippen molar-refractivity contribution in [2.45, 2.75) is 0 Å². The number of benzene rings is 2. The molecule has 0 bridgehead atoms. The Morgan fingerprint density at radius 2 is 1.69 bits per heavy atom. The second-order valence-electron chi connectivity index (χ2n) is 5.28. The minimum atomic E-state index is -1.55. The number of nitrogens with one attached hydrogen (secondary N) is 4. The van der Waals surface area contributed by atoms with Crippen LogP contribution in [0.5, 0.6) is 0 Å². The maximum Gasteiger partial charge on any atom is 0.286 e. The molecule has 0 aliphatic carbocycles. The number of amides is 3. The molecule has 3 rings (SSSR count). The molecule has 8 nitrogen and oxygen atoms in total. The van der Waals surface area contributed by atoms with Crippen molar-refractivity contribution in [3.05, 3.63) is 64.8 Å². The van der Waals surface area contributed by atoms with Crippen molar-refractivity contribution in [2.75, 3.05) is 5.32 Å². The third-order valence-electron chi connectivity index (χ3n) is 3.53. The number of halogens is 1. The molecular formula is C17H12ClN4O4-. The van der Waals surface area contributed by atoms with Gasteiger partial charge in [0, 0.05) is 15.9 Å². The number of carbonyl (C=O) groups is 3. The summed E-state index contributed by atoms with van der Waals surface area (Å²) in [5.74, 6) is -1.27. The normalized spacial score (nSPS) is 10.3. The molecule has 3 aromatic rings. The molecule has 0 radical (unpaired) electrons. The second kappa shape index (κ2) is 7.16. The highest BCUT2D eigenvalue weighted by atomic mass is 35.5. The summed E-state index contributed by atoms with van der Waals surface area (Å²) in [6.45, 7) is 0. The number of H-pyrrole nitrogens is 1. The van der Waals surface area contributed by atoms with Crippen LogP contribution in [0.4, 0.5) is 10.5 Å². The molecule has 0 aliphatic rings. The lowest BCUT2D eigenvalue weighted by atomic mass is 10.1. The van der Waals surface area contributed by atoms with Crippen molar-refractivity contribution < 1.29 is 19.5 Å². The lowest BCUT2D eigenvalue weighted by molar-refractivity contribution is -0.242. The van der Waals surface area contributed by atoms with Crippen molar-refractivity contribution in [1.29, 1.82) is 0 Å². The number of anilines is 1. The van der Waals surface area contributed by atoms with E-state index in [-0.39, 0.29) is 16.9 Å². The van der Waals surface area contributed by atoms with Gasteiger partial charge in [0.05, 0.1) is 11.3 Å². The van der Waals surface area contributed by atoms with Gasteiger partial charge in [-0.15, -0.1) is 0 Å². The van der Waals surface area contributed by atoms with Crippen LogP contribution in [0.3, 0.4) is 0 Å². The summed E-state index contributed by atoms with van der Waals surface area (Å²) >= 11 is 5.91. The fourth-order valence-corrected chi connectivity index (χ4v) is 2.55. The van der Waals surface area contributed by atoms with Gasteiger partial charge in [0.15, 0.2) is 0 Å². The molecule has 0 saturated heterocycles. The molecule has 2 aromatic carbocycles. The topological polar surface area (TPSA) is 126 Å². The van der Waals surface area contributed by atoms with Crippen molar-refractivity contribution in [3.63, 3.8) is 0 Å². The van der Waals surface area contributed by atoms with Gasteiger partial charge in [0.2, 0.25) is 0 Å². The van der Waals surface area contributed by atoms with Crippen molar-refractivity contribution in [2.24, 2.45) is 0 Å². The van der Waals surface area contributed by atoms with E-state index in [0.29, 0.717) is 5.02 Å². The third-order valence-corrected chi connectivity index (χ3v) is 3.76. The fourth-order valence-electron chi connectivity index (χ4n) is 2.37. The van der Waals surface area contributed by atoms with E-state index >= 15 is 0 Å². The first kappa shape index (κ1) is 17.3. The van der Waals surface area contributed by atoms with Crippen LogP contribution in [0.1, 0.15) is 20.8 Å². The van der Waals surface area contributed by atoms with Crippen LogP contribution in [-0.2, 0) is 0 Å². The quantitative estimate of drug-likeness (QED) is 0.522. The van der Waals surface area contributed by atoms with E-state index in [9.17, 15) is 19.5 Å². The Bertz CT molecular complexity index is 1010. The van der Waals surface area contributed by atoms with E-state index in [1.807, 2.05) is 5.32 Å². The largest absolute Gasteiger partial charge is 0.530 e. The average molecular weight is 372 g/mol. The Kier molecular flexibility index (Phi) is 4.76. The number of aromatic nitrogens is 1. The van der Waals surface area contributed by atoms with E-state index in [4.69, 9.17) is 11.6 Å². The van der Waals surface area contributed by atoms with Gasteiger partial charge >= 0.3 is 0 Å². The lowest BCUT2D eigenvalue weighted by Crippen LogP contribution is -2.42. The van der Waals surface area contributed by atoms with Gasteiger partial charge in [0.1, 0.15) is 11.8 Å². The molecule has 0 unspecified atom stereocenters. The van der Waals surface area contributed by atoms with Gasteiger partial charge < -0.3 is 20.2 Å². The molecule has 26 heavy (non-hydrogen) atoms. The zero-order chi connectivity index (χ0) is 18.7. The number of rotatable bonds is 3. The first-order valence-corrected chi connectivity index (χ1v) is 7.78. The van der Waals surface area contributed by atoms with E-state index in [0.717, 1.165) is 10.9 Å². The van der Waals surface area contributed by atoms with Crippen LogP contribution in [0, 0.1) is 0 Å². The van der Waals surface area contributed by atoms with Gasteiger partial charge in [0.25, 0.3) is 11.8 Å². The highest BCUT2D eigenvalue weighted by molar-refractivity contribution is 6.31. The van der Waals surface area contributed by atoms with Gasteiger partial charge in [-0.3, -0.25) is 20.4 Å². The molecular weight excluding hydrogens is 360 g/mol. The maximum absolute atomic E-state index is 12.2. The minimum Gasteiger partial charge on any atom is -0.530 e. The summed E-state index contributed by atoms with van der Waals surface area (Å²) in [7, 11) is 0. The molecule has 4 N–H and O–H groups in total. The SMILES string of the molecule is O=C([O-])Nc1ccccc1C(=O)NNC(=O)c1cc2cc(Cl)ccc2[nH]1. The average Bonchev–Trinajstić information content (AvgIpc) is 3.02. The van der Waals surface area contributed by atoms with Gasteiger partial charge in [-0.05, 0) is 36.4 Å². The summed E-state index contributed by atoms with van der Waals surface area (Å²) in [6.07, 6.45) is -1.55. The van der Waals surface area contributed by atoms with Gasteiger partial charge in [-0.25, -0.2) is 0 Å². The van der Waals surface area contributed by atoms with E-state index in [1.165, 1.54) is 12.1 Å². The summed E-state index contributed by atoms with van der Waals surface area (Å²) in [6, 6.07) is 12.6. The van der Waals surface area contributed by atoms with Crippen LogP contribution >= 0.6 is 11.6 Å². The molecule has 132 valence electrons. The van der Waals surface area contributed by atoms with Gasteiger partial charge in [-0.1, -0.05) is 23.7 Å². The maximum atomic E-state index is 12.2. The van der Waals surface area contributed by atoms with Crippen LogP contribution < -0.4 is 21.3 Å². The zero-order valence-electron chi connectivity index (χ0n) is 13.1. The Labute approximate surface area is 152 Å². The van der Waals surface area contributed by atoms with Crippen molar-refractivity contribution in [1.82, 2.24) is 15.8 Å². The Hall–Kier alpha value is -3.52. The van der Waals surface area contributed by atoms with Crippen LogP contribution in [0.15, 0.2) is 48.5 Å². The molecule has 3 amide bonds. The summed E-state index contributed by atoms with van der Waals surface area (Å²) in [5.41, 5.74) is 5.50. The van der Waals surface area contributed by atoms with E-state index in [2.05, 4.69) is 15.8 Å². The molecule has 1 heterocycles. The summed E-state index contributed by atoms with van der Waals surface area (Å²) in [4.78, 5) is 38.0. The summed E-state index contributed by atoms with van der Waals surface area (Å²) in [5, 5.41) is 14.0. The number of hydrazine groups is 1. The van der Waals surface area contributed by atoms with Crippen LogP contribution in [-0.4, -0.2) is 22.9 Å². The van der Waals surface area contributed by atoms with E-state index < -0.39 is 17.9 Å². The first-order valence-electron chi connectivity index (χ1n) is 7.40. The number of carboxylic acid groups (broad SMARTS) is 1. The lowest BCUT2D eigenvalue weighted by Gasteiger charge is -2.12. The fraction of sp³-hybridized carbons (Fsp3) is 0. The third kappa shape index (κ3) is 3.76. The monoisotopic (exact) mass is 371 g/mol. The molecule has 1 aromatic heterocycles. The predicted molar refractivity (Wildman–Crippen MR) is 93.7 cm³/mol. The standard InChI is InChI=1S/C17H13ClN4O4/c18-10-5-6-12-9(7-10)8-14(19-12)16(24)22-21-15(23)11-3-1-2-4-13(11)20-17(25)26/h1-8,19-20H,(H,21,23)(H,22,24)(H,25,26)/p-1. The molecule has 0 atom stereocenters. The molecule has 0 aliphatic heterocycles. The van der Waals surface area contributed by atoms with Crippen LogP contribution in [0.2, 0.25) is 5.02 Å². The number of aromatic amines is 1. The predicted octanol–water partition coefficient (Wildman–Crippen LogP) is 1.65. The number of hydrogen-bond donors (Lipinski definition) is 4. The smallest absolute Gasteiger partial charge is 0.286 e. The minimum absolute atomic E-state index is 0.0282. The molecule has 0 saturated carbocycles. The Morgan fingerprint density at radius 3 is 2.46 bits per heavy atom. The highest BCUT2D eigenvalue weighted by Crippen LogP contribution is 2.20. The first-order chi connectivity index (χ1) is 12.4. The number of hydrogen-bond acceptors (Lipinski definition) is 4. The Balaban J connectivity index is 1.71. The number of para-hydroxylation sites is 1.